The number of halogens is 3. The number of hydrogen-bond donors (Lipinski definition) is 0. The number of carbonyl (C=O) groups excluding carboxylic acids is 1. The average molecular weight is 388 g/mol. The summed E-state index contributed by atoms with van der Waals surface area (Å²) in [5.41, 5.74) is 0.490. The van der Waals surface area contributed by atoms with Gasteiger partial charge in [-0.05, 0) is 0 Å². The van der Waals surface area contributed by atoms with E-state index in [1.54, 1.807) is 30.3 Å². The van der Waals surface area contributed by atoms with Crippen LogP contribution in [-0.2, 0) is 9.53 Å². The number of hydrogen-bond acceptors (Lipinski definition) is 2. The van der Waals surface area contributed by atoms with E-state index in [2.05, 4.69) is 11.3 Å². The van der Waals surface area contributed by atoms with E-state index in [4.69, 9.17) is 0 Å². The predicted molar refractivity (Wildman–Crippen MR) is 70.9 cm³/mol. The monoisotopic (exact) mass is 389 g/mol. The zero-order valence-corrected chi connectivity index (χ0v) is 13.6. The molecule has 2 nitrogen and oxygen atoms in total. The van der Waals surface area contributed by atoms with Crippen LogP contribution in [0.4, 0.5) is 13.2 Å². The Labute approximate surface area is 128 Å². The summed E-state index contributed by atoms with van der Waals surface area (Å²) in [6.45, 7) is 3.49. The van der Waals surface area contributed by atoms with E-state index in [0.29, 0.717) is 5.56 Å². The van der Waals surface area contributed by atoms with Crippen molar-refractivity contribution in [3.8, 4) is 0 Å². The molecule has 20 heavy (non-hydrogen) atoms. The van der Waals surface area contributed by atoms with Crippen molar-refractivity contribution in [3.05, 3.63) is 51.6 Å². The second-order valence-corrected chi connectivity index (χ2v) is 5.42. The SMILES string of the molecule is C=C(C/C(=[C](/[Sn+])C(F)(F)F)c1ccccc1)C(=O)OC. The molecule has 0 aromatic heterocycles. The molecule has 0 saturated heterocycles. The van der Waals surface area contributed by atoms with Crippen molar-refractivity contribution in [2.24, 2.45) is 0 Å². The molecule has 0 aliphatic carbocycles. The summed E-state index contributed by atoms with van der Waals surface area (Å²) in [6, 6.07) is 8.17. The van der Waals surface area contributed by atoms with Crippen LogP contribution in [0.2, 0.25) is 0 Å². The molecule has 0 aliphatic heterocycles. The second kappa shape index (κ2) is 6.97. The van der Waals surface area contributed by atoms with Gasteiger partial charge in [0.05, 0.1) is 0 Å². The first-order valence-corrected chi connectivity index (χ1v) is 7.03. The maximum absolute atomic E-state index is 12.9. The van der Waals surface area contributed by atoms with Gasteiger partial charge in [-0.2, -0.15) is 0 Å². The normalized spacial score (nSPS) is 12.6. The third-order valence-electron chi connectivity index (χ3n) is 2.57. The van der Waals surface area contributed by atoms with E-state index < -0.39 is 15.7 Å². The Hall–Kier alpha value is -1.24. The van der Waals surface area contributed by atoms with Gasteiger partial charge in [-0.3, -0.25) is 0 Å². The minimum absolute atomic E-state index is 0.00416. The van der Waals surface area contributed by atoms with Crippen molar-refractivity contribution in [1.82, 2.24) is 0 Å². The zero-order valence-electron chi connectivity index (χ0n) is 10.8. The van der Waals surface area contributed by atoms with Crippen molar-refractivity contribution >= 4 is 34.1 Å². The molecule has 0 fully saturated rings. The molecule has 104 valence electrons. The third kappa shape index (κ3) is 4.40. The van der Waals surface area contributed by atoms with Crippen LogP contribution in [-0.4, -0.2) is 41.8 Å². The van der Waals surface area contributed by atoms with E-state index in [-0.39, 0.29) is 40.1 Å². The molecule has 0 atom stereocenters. The molecule has 0 aliphatic rings. The van der Waals surface area contributed by atoms with Crippen LogP contribution >= 0.6 is 0 Å². The van der Waals surface area contributed by atoms with Gasteiger partial charge in [0.15, 0.2) is 0 Å². The van der Waals surface area contributed by atoms with E-state index in [1.807, 2.05) is 0 Å². The number of esters is 1. The van der Waals surface area contributed by atoms with Gasteiger partial charge in [0, 0.05) is 0 Å². The summed E-state index contributed by atoms with van der Waals surface area (Å²) in [5, 5.41) is 0. The van der Waals surface area contributed by atoms with E-state index in [0.717, 1.165) is 0 Å². The van der Waals surface area contributed by atoms with Gasteiger partial charge in [-0.15, -0.1) is 0 Å². The van der Waals surface area contributed by atoms with Crippen molar-refractivity contribution in [2.75, 3.05) is 7.11 Å². The van der Waals surface area contributed by atoms with Crippen LogP contribution in [0, 0.1) is 0 Å². The predicted octanol–water partition coefficient (Wildman–Crippen LogP) is 3.25. The summed E-state index contributed by atoms with van der Waals surface area (Å²) in [7, 11) is 1.17. The number of rotatable bonds is 4. The molecule has 1 aromatic carbocycles. The van der Waals surface area contributed by atoms with Crippen LogP contribution in [0.25, 0.3) is 5.57 Å². The Morgan fingerprint density at radius 1 is 1.30 bits per heavy atom. The minimum atomic E-state index is -4.42. The maximum atomic E-state index is 12.9. The molecule has 0 bridgehead atoms. The fraction of sp³-hybridized carbons (Fsp3) is 0.214. The fourth-order valence-electron chi connectivity index (χ4n) is 1.58. The fourth-order valence-corrected chi connectivity index (χ4v) is 2.24. The Morgan fingerprint density at radius 2 is 1.85 bits per heavy atom. The first-order chi connectivity index (χ1) is 9.27. The van der Waals surface area contributed by atoms with Crippen LogP contribution in [0.1, 0.15) is 12.0 Å². The van der Waals surface area contributed by atoms with E-state index in [9.17, 15) is 18.0 Å². The molecule has 0 saturated carbocycles. The molecule has 2 radical (unpaired) electrons. The van der Waals surface area contributed by atoms with Gasteiger partial charge < -0.3 is 0 Å². The molecular weight excluding hydrogens is 376 g/mol. The number of alkyl halides is 3. The number of carbonyl (C=O) groups is 1. The quantitative estimate of drug-likeness (QED) is 0.450. The van der Waals surface area contributed by atoms with Crippen LogP contribution in [0.3, 0.4) is 0 Å². The van der Waals surface area contributed by atoms with Crippen molar-refractivity contribution in [2.45, 2.75) is 12.6 Å². The molecule has 0 N–H and O–H groups in total. The molecule has 0 amide bonds. The number of benzene rings is 1. The van der Waals surface area contributed by atoms with Gasteiger partial charge in [-0.1, -0.05) is 0 Å². The Morgan fingerprint density at radius 3 is 2.30 bits per heavy atom. The summed E-state index contributed by atoms with van der Waals surface area (Å²) < 4.78 is 42.6. The topological polar surface area (TPSA) is 26.3 Å². The van der Waals surface area contributed by atoms with Gasteiger partial charge >= 0.3 is 128 Å². The summed E-state index contributed by atoms with van der Waals surface area (Å²) >= 11 is 0.240. The summed E-state index contributed by atoms with van der Waals surface area (Å²) in [5.74, 6) is -0.704. The van der Waals surface area contributed by atoms with E-state index in [1.165, 1.54) is 7.11 Å². The summed E-state index contributed by atoms with van der Waals surface area (Å²) in [6.07, 6.45) is -4.60. The number of methoxy groups -OCH3 is 1. The summed E-state index contributed by atoms with van der Waals surface area (Å²) in [4.78, 5) is 11.3. The Balaban J connectivity index is 3.24. The van der Waals surface area contributed by atoms with Gasteiger partial charge in [-0.25, -0.2) is 0 Å². The first-order valence-electron chi connectivity index (χ1n) is 5.60. The van der Waals surface area contributed by atoms with Crippen LogP contribution < -0.4 is 0 Å². The van der Waals surface area contributed by atoms with Gasteiger partial charge in [0.25, 0.3) is 0 Å². The number of allylic oxidation sites excluding steroid dienone is 2. The standard InChI is InChI=1S/C14H12F3O2.Sn/c1-10(13(18)19-2)8-12(9-14(15,16)17)11-6-4-3-5-7-11;/h3-7H,1,8H2,2H3;/q;+1. The molecular formula is C14H12F3O2Sn+. The first kappa shape index (κ1) is 16.8. The third-order valence-corrected chi connectivity index (χ3v) is 4.24. The zero-order chi connectivity index (χ0) is 15.3. The molecule has 1 aromatic rings. The molecule has 0 heterocycles. The van der Waals surface area contributed by atoms with Crippen molar-refractivity contribution in [3.63, 3.8) is 0 Å². The van der Waals surface area contributed by atoms with E-state index >= 15 is 0 Å². The average Bonchev–Trinajstić information content (AvgIpc) is 2.42. The molecule has 0 spiro atoms. The molecule has 6 heteroatoms. The Kier molecular flexibility index (Phi) is 5.86. The van der Waals surface area contributed by atoms with Crippen LogP contribution in [0.5, 0.6) is 0 Å². The van der Waals surface area contributed by atoms with Crippen molar-refractivity contribution in [1.29, 1.82) is 0 Å². The Bertz CT molecular complexity index is 533. The van der Waals surface area contributed by atoms with Gasteiger partial charge in [0.1, 0.15) is 0 Å². The molecule has 1 rings (SSSR count). The van der Waals surface area contributed by atoms with Crippen LogP contribution in [0.15, 0.2) is 46.1 Å². The van der Waals surface area contributed by atoms with Gasteiger partial charge in [0.2, 0.25) is 0 Å². The second-order valence-electron chi connectivity index (χ2n) is 3.99. The number of ether oxygens (including phenoxy) is 1. The molecule has 0 unspecified atom stereocenters. The van der Waals surface area contributed by atoms with Crippen molar-refractivity contribution < 1.29 is 22.7 Å².